The largest absolute Gasteiger partial charge is 0.474 e. The van der Waals surface area contributed by atoms with Gasteiger partial charge >= 0.3 is 6.09 Å². The van der Waals surface area contributed by atoms with Crippen molar-refractivity contribution >= 4 is 11.9 Å². The summed E-state index contributed by atoms with van der Waals surface area (Å²) in [7, 11) is 1.84. The monoisotopic (exact) mass is 535 g/mol. The SMILES string of the molecule is C[C@H](Oc1cc(OC2CCN(C(=O)OC(C)(C)C)C(CC#N)C2)nc(C(N)=NCO)n1)[C@@H]1C[C@@H](F)CN1C. The number of alkyl halides is 1. The summed E-state index contributed by atoms with van der Waals surface area (Å²) in [6, 6.07) is 3.13. The Labute approximate surface area is 222 Å². The Morgan fingerprint density at radius 1 is 1.37 bits per heavy atom. The topological polar surface area (TPSA) is 159 Å². The lowest BCUT2D eigenvalue weighted by Crippen LogP contribution is -2.50. The van der Waals surface area contributed by atoms with Crippen molar-refractivity contribution < 1.29 is 28.5 Å². The fourth-order valence-corrected chi connectivity index (χ4v) is 4.72. The van der Waals surface area contributed by atoms with Gasteiger partial charge in [-0.2, -0.15) is 15.2 Å². The molecule has 3 heterocycles. The van der Waals surface area contributed by atoms with Crippen LogP contribution >= 0.6 is 0 Å². The Balaban J connectivity index is 1.78. The molecule has 1 amide bonds. The Hall–Kier alpha value is -3.24. The predicted molar refractivity (Wildman–Crippen MR) is 136 cm³/mol. The van der Waals surface area contributed by atoms with Crippen molar-refractivity contribution in [2.24, 2.45) is 10.7 Å². The number of halogens is 1. The minimum atomic E-state index is -0.920. The van der Waals surface area contributed by atoms with Gasteiger partial charge in [-0.3, -0.25) is 4.90 Å². The van der Waals surface area contributed by atoms with Crippen molar-refractivity contribution in [1.29, 1.82) is 5.26 Å². The second kappa shape index (κ2) is 12.5. The molecular weight excluding hydrogens is 497 g/mol. The molecule has 0 bridgehead atoms. The van der Waals surface area contributed by atoms with Crippen molar-refractivity contribution in [1.82, 2.24) is 19.8 Å². The van der Waals surface area contributed by atoms with E-state index < -0.39 is 30.6 Å². The van der Waals surface area contributed by atoms with Crippen LogP contribution in [0.25, 0.3) is 0 Å². The van der Waals surface area contributed by atoms with E-state index in [1.807, 2.05) is 18.9 Å². The molecular formula is C25H38FN7O5. The number of nitrogens with two attached hydrogens (primary N) is 1. The van der Waals surface area contributed by atoms with E-state index in [4.69, 9.17) is 25.1 Å². The van der Waals surface area contributed by atoms with Gasteiger partial charge in [0.25, 0.3) is 0 Å². The molecule has 3 rings (SSSR count). The van der Waals surface area contributed by atoms with Crippen LogP contribution in [0.2, 0.25) is 0 Å². The van der Waals surface area contributed by atoms with Gasteiger partial charge < -0.3 is 30.0 Å². The number of likely N-dealkylation sites (N-methyl/N-ethyl adjacent to an activating group) is 1. The van der Waals surface area contributed by atoms with Crippen molar-refractivity contribution in [3.8, 4) is 17.8 Å². The maximum atomic E-state index is 13.9. The van der Waals surface area contributed by atoms with Crippen LogP contribution in [-0.2, 0) is 4.74 Å². The van der Waals surface area contributed by atoms with Gasteiger partial charge in [-0.05, 0) is 41.2 Å². The predicted octanol–water partition coefficient (Wildman–Crippen LogP) is 2.00. The van der Waals surface area contributed by atoms with Crippen LogP contribution in [0.4, 0.5) is 9.18 Å². The third-order valence-electron chi connectivity index (χ3n) is 6.46. The van der Waals surface area contributed by atoms with Crippen LogP contribution in [0.5, 0.6) is 11.8 Å². The number of hydrogen-bond donors (Lipinski definition) is 2. The van der Waals surface area contributed by atoms with Crippen LogP contribution in [0.15, 0.2) is 11.1 Å². The molecule has 12 nitrogen and oxygen atoms in total. The second-order valence-electron chi connectivity index (χ2n) is 10.7. The molecule has 0 spiro atoms. The van der Waals surface area contributed by atoms with Gasteiger partial charge in [0.05, 0.1) is 24.6 Å². The van der Waals surface area contributed by atoms with Crippen molar-refractivity contribution in [2.75, 3.05) is 26.9 Å². The number of carbonyl (C=O) groups is 1. The van der Waals surface area contributed by atoms with E-state index in [1.54, 1.807) is 25.7 Å². The quantitative estimate of drug-likeness (QED) is 0.372. The molecule has 38 heavy (non-hydrogen) atoms. The van der Waals surface area contributed by atoms with Crippen LogP contribution in [0.3, 0.4) is 0 Å². The van der Waals surface area contributed by atoms with Gasteiger partial charge in [0.15, 0.2) is 5.84 Å². The molecule has 3 N–H and O–H groups in total. The summed E-state index contributed by atoms with van der Waals surface area (Å²) in [5, 5.41) is 18.5. The number of aliphatic hydroxyl groups is 1. The zero-order valence-corrected chi connectivity index (χ0v) is 22.6. The van der Waals surface area contributed by atoms with Crippen LogP contribution in [-0.4, -0.2) is 99.7 Å². The van der Waals surface area contributed by atoms with E-state index in [-0.39, 0.29) is 48.1 Å². The van der Waals surface area contributed by atoms with Gasteiger partial charge in [0, 0.05) is 32.0 Å². The van der Waals surface area contributed by atoms with E-state index in [1.165, 1.54) is 6.07 Å². The number of nitriles is 1. The van der Waals surface area contributed by atoms with E-state index in [2.05, 4.69) is 21.0 Å². The standard InChI is InChI=1S/C25H38FN7O5/c1-15(19-10-16(26)13-32(19)5)36-20-12-21(31-23(30-20)22(28)29-14-34)37-18-7-9-33(17(11-18)6-8-27)24(35)38-25(2,3)4/h12,15-19,34H,6-7,9-11,13-14H2,1-5H3,(H2,28,29)/t15-,16+,17?,18?,19-/m0/s1. The van der Waals surface area contributed by atoms with Gasteiger partial charge in [-0.1, -0.05) is 0 Å². The van der Waals surface area contributed by atoms with Crippen molar-refractivity contribution in [2.45, 2.75) is 89.4 Å². The minimum absolute atomic E-state index is 0.0154. The summed E-state index contributed by atoms with van der Waals surface area (Å²) in [5.41, 5.74) is 5.28. The Morgan fingerprint density at radius 2 is 2.08 bits per heavy atom. The van der Waals surface area contributed by atoms with Gasteiger partial charge in [0.1, 0.15) is 30.7 Å². The normalized spacial score (nSPS) is 25.5. The highest BCUT2D eigenvalue weighted by Crippen LogP contribution is 2.28. The number of aliphatic hydroxyl groups excluding tert-OH is 1. The number of piperidine rings is 1. The molecule has 2 aliphatic heterocycles. The zero-order chi connectivity index (χ0) is 28.0. The Bertz CT molecular complexity index is 1040. The summed E-state index contributed by atoms with van der Waals surface area (Å²) >= 11 is 0. The highest BCUT2D eigenvalue weighted by atomic mass is 19.1. The number of nitrogens with zero attached hydrogens (tertiary/aromatic N) is 6. The van der Waals surface area contributed by atoms with Crippen molar-refractivity contribution in [3.63, 3.8) is 0 Å². The third kappa shape index (κ3) is 7.88. The van der Waals surface area contributed by atoms with Gasteiger partial charge in [0.2, 0.25) is 17.6 Å². The number of aromatic nitrogens is 2. The lowest BCUT2D eigenvalue weighted by Gasteiger charge is -2.38. The molecule has 1 aromatic rings. The highest BCUT2D eigenvalue weighted by molar-refractivity contribution is 5.94. The maximum absolute atomic E-state index is 13.9. The zero-order valence-electron chi connectivity index (χ0n) is 22.6. The molecule has 5 atom stereocenters. The molecule has 1 aromatic heterocycles. The average Bonchev–Trinajstić information content (AvgIpc) is 3.16. The lowest BCUT2D eigenvalue weighted by atomic mass is 9.97. The number of hydrogen-bond acceptors (Lipinski definition) is 10. The van der Waals surface area contributed by atoms with Crippen LogP contribution in [0, 0.1) is 11.3 Å². The summed E-state index contributed by atoms with van der Waals surface area (Å²) in [6.45, 7) is 7.35. The number of aliphatic imine (C=N–C) groups is 1. The number of ether oxygens (including phenoxy) is 3. The molecule has 13 heteroatoms. The number of rotatable bonds is 8. The molecule has 2 fully saturated rings. The summed E-state index contributed by atoms with van der Waals surface area (Å²) in [6.07, 6.45) is -0.776. The molecule has 2 saturated heterocycles. The first-order valence-electron chi connectivity index (χ1n) is 12.7. The summed E-state index contributed by atoms with van der Waals surface area (Å²) < 4.78 is 31.6. The molecule has 0 radical (unpaired) electrons. The lowest BCUT2D eigenvalue weighted by molar-refractivity contribution is -0.00384. The molecule has 0 saturated carbocycles. The maximum Gasteiger partial charge on any atom is 0.410 e. The number of amidine groups is 1. The fraction of sp³-hybridized carbons (Fsp3) is 0.720. The Kier molecular flexibility index (Phi) is 9.67. The highest BCUT2D eigenvalue weighted by Gasteiger charge is 2.36. The van der Waals surface area contributed by atoms with E-state index in [0.29, 0.717) is 32.4 Å². The van der Waals surface area contributed by atoms with E-state index in [9.17, 15) is 14.4 Å². The first kappa shape index (κ1) is 29.3. The number of amides is 1. The van der Waals surface area contributed by atoms with Gasteiger partial charge in [-0.25, -0.2) is 14.2 Å². The second-order valence-corrected chi connectivity index (χ2v) is 10.7. The van der Waals surface area contributed by atoms with E-state index >= 15 is 0 Å². The van der Waals surface area contributed by atoms with E-state index in [0.717, 1.165) is 0 Å². The van der Waals surface area contributed by atoms with Crippen molar-refractivity contribution in [3.05, 3.63) is 11.9 Å². The average molecular weight is 536 g/mol. The first-order valence-corrected chi connectivity index (χ1v) is 12.7. The number of carbonyl (C=O) groups excluding carboxylic acids is 1. The minimum Gasteiger partial charge on any atom is -0.474 e. The molecule has 2 aliphatic rings. The van der Waals surface area contributed by atoms with Gasteiger partial charge in [-0.15, -0.1) is 0 Å². The van der Waals surface area contributed by atoms with Crippen LogP contribution in [0.1, 0.15) is 59.2 Å². The smallest absolute Gasteiger partial charge is 0.410 e. The third-order valence-corrected chi connectivity index (χ3v) is 6.46. The first-order chi connectivity index (χ1) is 17.9. The summed E-state index contributed by atoms with van der Waals surface area (Å²) in [5.74, 6) is 0.257. The molecule has 0 aromatic carbocycles. The molecule has 0 aliphatic carbocycles. The van der Waals surface area contributed by atoms with Crippen LogP contribution < -0.4 is 15.2 Å². The fourth-order valence-electron chi connectivity index (χ4n) is 4.72. The Morgan fingerprint density at radius 3 is 2.68 bits per heavy atom. The molecule has 210 valence electrons. The number of likely N-dealkylation sites (tertiary alicyclic amines) is 2. The molecule has 2 unspecified atom stereocenters. The summed E-state index contributed by atoms with van der Waals surface area (Å²) in [4.78, 5) is 28.6.